The lowest BCUT2D eigenvalue weighted by atomic mass is 9.83. The maximum atomic E-state index is 12.8. The molecule has 0 bridgehead atoms. The van der Waals surface area contributed by atoms with E-state index in [1.807, 2.05) is 0 Å². The van der Waals surface area contributed by atoms with Crippen molar-refractivity contribution in [3.8, 4) is 5.88 Å². The van der Waals surface area contributed by atoms with Crippen LogP contribution in [0.25, 0.3) is 0 Å². The molecular weight excluding hydrogens is 488 g/mol. The average molecular weight is 523 g/mol. The molecule has 2 amide bonds. The van der Waals surface area contributed by atoms with Crippen LogP contribution in [-0.4, -0.2) is 102 Å². The van der Waals surface area contributed by atoms with Crippen LogP contribution in [0.3, 0.4) is 0 Å². The first kappa shape index (κ1) is 25.2. The molecule has 4 heterocycles. The quantitative estimate of drug-likeness (QED) is 0.530. The van der Waals surface area contributed by atoms with Crippen LogP contribution < -0.4 is 15.0 Å². The summed E-state index contributed by atoms with van der Waals surface area (Å²) < 4.78 is 32.7. The average Bonchev–Trinajstić information content (AvgIpc) is 3.37. The Kier molecular flexibility index (Phi) is 6.81. The van der Waals surface area contributed by atoms with Crippen molar-refractivity contribution in [2.24, 2.45) is 11.3 Å². The molecular formula is C23H34N6O6S. The number of hydrogen-bond acceptors (Lipinski definition) is 8. The van der Waals surface area contributed by atoms with Crippen molar-refractivity contribution in [2.45, 2.75) is 50.3 Å². The smallest absolute Gasteiger partial charge is 0.407 e. The number of sulfonamides is 1. The normalized spacial score (nSPS) is 28.8. The second-order valence-electron chi connectivity index (χ2n) is 10.6. The first-order valence-electron chi connectivity index (χ1n) is 12.6. The first-order valence-corrected chi connectivity index (χ1v) is 14.1. The van der Waals surface area contributed by atoms with Crippen LogP contribution in [0.1, 0.15) is 39.0 Å². The summed E-state index contributed by atoms with van der Waals surface area (Å²) in [6.45, 7) is 4.42. The molecule has 3 aliphatic heterocycles. The molecule has 1 aromatic rings. The Morgan fingerprint density at radius 2 is 2.03 bits per heavy atom. The van der Waals surface area contributed by atoms with E-state index < -0.39 is 21.4 Å². The number of likely N-dealkylation sites (tertiary alicyclic amines) is 1. The molecule has 2 unspecified atom stereocenters. The van der Waals surface area contributed by atoms with E-state index in [9.17, 15) is 23.1 Å². The van der Waals surface area contributed by atoms with Gasteiger partial charge in [-0.2, -0.15) is 4.31 Å². The summed E-state index contributed by atoms with van der Waals surface area (Å²) in [5.41, 5.74) is 0.0718. The molecule has 2 N–H and O–H groups in total. The number of nitrogens with zero attached hydrogens (tertiary/aromatic N) is 5. The second kappa shape index (κ2) is 9.75. The van der Waals surface area contributed by atoms with E-state index in [4.69, 9.17) is 4.74 Å². The molecule has 3 saturated heterocycles. The van der Waals surface area contributed by atoms with Crippen LogP contribution in [0.5, 0.6) is 5.88 Å². The SMILES string of the molecule is CC1(C2CC(COc3cnc(N4CCN(S(=O)(=O)[C@@H]5CCNC5)CC4=O)cn3)CCN2C(=O)O)CC1. The van der Waals surface area contributed by atoms with E-state index >= 15 is 0 Å². The topological polar surface area (TPSA) is 145 Å². The monoisotopic (exact) mass is 522 g/mol. The molecule has 4 aliphatic rings. The fourth-order valence-electron chi connectivity index (χ4n) is 5.54. The summed E-state index contributed by atoms with van der Waals surface area (Å²) in [7, 11) is -3.51. The third kappa shape index (κ3) is 5.00. The first-order chi connectivity index (χ1) is 17.2. The molecule has 1 aliphatic carbocycles. The zero-order valence-corrected chi connectivity index (χ0v) is 21.3. The minimum absolute atomic E-state index is 0.0178. The highest BCUT2D eigenvalue weighted by Crippen LogP contribution is 2.53. The Morgan fingerprint density at radius 3 is 2.64 bits per heavy atom. The van der Waals surface area contributed by atoms with E-state index in [0.717, 1.165) is 25.7 Å². The molecule has 3 atom stereocenters. The van der Waals surface area contributed by atoms with Crippen molar-refractivity contribution in [2.75, 3.05) is 50.8 Å². The zero-order valence-electron chi connectivity index (χ0n) is 20.5. The minimum Gasteiger partial charge on any atom is -0.476 e. The third-order valence-corrected chi connectivity index (χ3v) is 10.4. The van der Waals surface area contributed by atoms with Crippen LogP contribution in [0.15, 0.2) is 12.4 Å². The lowest BCUT2D eigenvalue weighted by Gasteiger charge is -2.41. The molecule has 0 radical (unpaired) electrons. The number of amides is 2. The number of carboxylic acid groups (broad SMARTS) is 1. The number of carbonyl (C=O) groups is 2. The Bertz CT molecular complexity index is 1090. The fraction of sp³-hybridized carbons (Fsp3) is 0.739. The highest BCUT2D eigenvalue weighted by Gasteiger charge is 2.50. The Balaban J connectivity index is 1.14. The standard InChI is InChI=1S/C23H34N6O6S/c1-23(4-5-23)18-10-16(3-7-28(18)22(31)32)15-35-20-13-25-19(12-26-20)29-9-8-27(14-21(29)30)36(33,34)17-2-6-24-11-17/h12-13,16-18,24H,2-11,14-15H2,1H3,(H,31,32)/t16?,17-,18?/m1/s1. The molecule has 13 heteroatoms. The van der Waals surface area contributed by atoms with Crippen molar-refractivity contribution < 1.29 is 27.9 Å². The van der Waals surface area contributed by atoms with Gasteiger partial charge < -0.3 is 20.1 Å². The van der Waals surface area contributed by atoms with E-state index in [0.29, 0.717) is 44.4 Å². The lowest BCUT2D eigenvalue weighted by molar-refractivity contribution is -0.120. The van der Waals surface area contributed by atoms with Crippen molar-refractivity contribution in [3.05, 3.63) is 12.4 Å². The number of nitrogens with one attached hydrogen (secondary N) is 1. The van der Waals surface area contributed by atoms with Gasteiger partial charge >= 0.3 is 6.09 Å². The summed E-state index contributed by atoms with van der Waals surface area (Å²) in [6.07, 6.45) is 6.27. The van der Waals surface area contributed by atoms with Gasteiger partial charge in [0.15, 0.2) is 5.82 Å². The number of hydrogen-bond donors (Lipinski definition) is 2. The summed E-state index contributed by atoms with van der Waals surface area (Å²) in [4.78, 5) is 36.1. The predicted molar refractivity (Wildman–Crippen MR) is 130 cm³/mol. The van der Waals surface area contributed by atoms with Gasteiger partial charge in [0, 0.05) is 32.2 Å². The maximum Gasteiger partial charge on any atom is 0.407 e. The number of piperidine rings is 1. The van der Waals surface area contributed by atoms with Crippen LogP contribution in [-0.2, 0) is 14.8 Å². The third-order valence-electron chi connectivity index (χ3n) is 8.14. The van der Waals surface area contributed by atoms with Crippen LogP contribution in [0, 0.1) is 11.3 Å². The maximum absolute atomic E-state index is 12.8. The fourth-order valence-corrected chi connectivity index (χ4v) is 7.33. The lowest BCUT2D eigenvalue weighted by Crippen LogP contribution is -2.54. The van der Waals surface area contributed by atoms with Gasteiger partial charge in [-0.25, -0.2) is 23.2 Å². The van der Waals surface area contributed by atoms with Crippen LogP contribution in [0.4, 0.5) is 10.6 Å². The number of piperazine rings is 1. The number of anilines is 1. The highest BCUT2D eigenvalue weighted by molar-refractivity contribution is 7.89. The van der Waals surface area contributed by atoms with Crippen molar-refractivity contribution in [1.29, 1.82) is 0 Å². The Labute approximate surface area is 211 Å². The Morgan fingerprint density at radius 1 is 1.22 bits per heavy atom. The summed E-state index contributed by atoms with van der Waals surface area (Å²) in [5.74, 6) is 0.610. The van der Waals surface area contributed by atoms with Gasteiger partial charge in [-0.05, 0) is 50.0 Å². The van der Waals surface area contributed by atoms with E-state index in [-0.39, 0.29) is 42.9 Å². The van der Waals surface area contributed by atoms with Gasteiger partial charge in [-0.15, -0.1) is 0 Å². The minimum atomic E-state index is -3.51. The highest BCUT2D eigenvalue weighted by atomic mass is 32.2. The van der Waals surface area contributed by atoms with Crippen molar-refractivity contribution >= 4 is 27.8 Å². The largest absolute Gasteiger partial charge is 0.476 e. The molecule has 4 fully saturated rings. The zero-order chi connectivity index (χ0) is 25.5. The second-order valence-corrected chi connectivity index (χ2v) is 12.8. The van der Waals surface area contributed by atoms with Gasteiger partial charge in [-0.3, -0.25) is 9.69 Å². The van der Waals surface area contributed by atoms with Gasteiger partial charge in [0.1, 0.15) is 0 Å². The molecule has 198 valence electrons. The van der Waals surface area contributed by atoms with E-state index in [2.05, 4.69) is 22.2 Å². The molecule has 1 saturated carbocycles. The molecule has 0 spiro atoms. The Hall–Kier alpha value is -2.51. The van der Waals surface area contributed by atoms with Crippen LogP contribution >= 0.6 is 0 Å². The number of rotatable bonds is 7. The molecule has 36 heavy (non-hydrogen) atoms. The van der Waals surface area contributed by atoms with Crippen molar-refractivity contribution in [1.82, 2.24) is 24.5 Å². The van der Waals surface area contributed by atoms with Crippen LogP contribution in [0.2, 0.25) is 0 Å². The van der Waals surface area contributed by atoms with E-state index in [1.165, 1.54) is 21.6 Å². The molecule has 1 aromatic heterocycles. The summed E-state index contributed by atoms with van der Waals surface area (Å²) >= 11 is 0. The number of carbonyl (C=O) groups excluding carboxylic acids is 1. The van der Waals surface area contributed by atoms with Gasteiger partial charge in [0.05, 0.1) is 30.8 Å². The van der Waals surface area contributed by atoms with E-state index in [1.54, 1.807) is 4.90 Å². The number of aromatic nitrogens is 2. The van der Waals surface area contributed by atoms with Gasteiger partial charge in [0.25, 0.3) is 0 Å². The molecule has 12 nitrogen and oxygen atoms in total. The summed E-state index contributed by atoms with van der Waals surface area (Å²) in [5, 5.41) is 12.1. The van der Waals surface area contributed by atoms with Gasteiger partial charge in [0.2, 0.25) is 21.8 Å². The molecule has 5 rings (SSSR count). The van der Waals surface area contributed by atoms with Crippen molar-refractivity contribution in [3.63, 3.8) is 0 Å². The van der Waals surface area contributed by atoms with Gasteiger partial charge in [-0.1, -0.05) is 6.92 Å². The predicted octanol–water partition coefficient (Wildman–Crippen LogP) is 0.754. The number of ether oxygens (including phenoxy) is 1. The summed E-state index contributed by atoms with van der Waals surface area (Å²) in [6, 6.07) is 0.0178. The molecule has 0 aromatic carbocycles.